The highest BCUT2D eigenvalue weighted by atomic mass is 14.7. The number of para-hydroxylation sites is 1. The van der Waals surface area contributed by atoms with E-state index < -0.39 is 0 Å². The van der Waals surface area contributed by atoms with Crippen LogP contribution in [-0.4, -0.2) is 4.98 Å². The van der Waals surface area contributed by atoms with Crippen LogP contribution in [0.5, 0.6) is 0 Å². The van der Waals surface area contributed by atoms with Crippen LogP contribution in [-0.2, 0) is 0 Å². The molecule has 0 bridgehead atoms. The third-order valence-electron chi connectivity index (χ3n) is 1.84. The number of hydrogen-bond acceptors (Lipinski definition) is 2. The lowest BCUT2D eigenvalue weighted by Gasteiger charge is -2.02. The highest BCUT2D eigenvalue weighted by Gasteiger charge is 2.00. The van der Waals surface area contributed by atoms with Crippen molar-refractivity contribution in [3.8, 4) is 11.3 Å². The summed E-state index contributed by atoms with van der Waals surface area (Å²) in [7, 11) is 0. The van der Waals surface area contributed by atoms with Gasteiger partial charge in [-0.25, -0.2) is 0 Å². The Morgan fingerprint density at radius 1 is 1.23 bits per heavy atom. The highest BCUT2D eigenvalue weighted by Crippen LogP contribution is 2.22. The average molecular weight is 169 g/mol. The van der Waals surface area contributed by atoms with E-state index in [0.717, 1.165) is 16.9 Å². The Balaban J connectivity index is 2.54. The fourth-order valence-corrected chi connectivity index (χ4v) is 1.20. The quantitative estimate of drug-likeness (QED) is 0.664. The first kappa shape index (κ1) is 7.80. The van der Waals surface area contributed by atoms with Crippen molar-refractivity contribution in [2.24, 2.45) is 0 Å². The van der Waals surface area contributed by atoms with Gasteiger partial charge in [-0.3, -0.25) is 4.98 Å². The smallest absolute Gasteiger partial charge is 0.0728 e. The lowest BCUT2D eigenvalue weighted by Crippen LogP contribution is -1.90. The van der Waals surface area contributed by atoms with Gasteiger partial charge in [-0.2, -0.15) is 0 Å². The van der Waals surface area contributed by atoms with Crippen LogP contribution in [0.1, 0.15) is 0 Å². The van der Waals surface area contributed by atoms with Gasteiger partial charge in [0, 0.05) is 17.4 Å². The van der Waals surface area contributed by atoms with Gasteiger partial charge in [-0.1, -0.05) is 18.2 Å². The van der Waals surface area contributed by atoms with Gasteiger partial charge in [0.2, 0.25) is 0 Å². The minimum Gasteiger partial charge on any atom is -0.398 e. The van der Waals surface area contributed by atoms with Gasteiger partial charge in [-0.05, 0) is 24.3 Å². The van der Waals surface area contributed by atoms with Gasteiger partial charge in [0.15, 0.2) is 0 Å². The van der Waals surface area contributed by atoms with Crippen LogP contribution < -0.4 is 5.73 Å². The fraction of sp³-hybridized carbons (Fsp3) is 0. The number of aromatic nitrogens is 1. The maximum absolute atomic E-state index is 5.80. The van der Waals surface area contributed by atoms with E-state index in [0.29, 0.717) is 0 Å². The molecule has 2 heteroatoms. The highest BCUT2D eigenvalue weighted by molar-refractivity contribution is 5.73. The average Bonchev–Trinajstić information content (AvgIpc) is 2.20. The first-order chi connectivity index (χ1) is 6.38. The Morgan fingerprint density at radius 3 is 2.77 bits per heavy atom. The molecule has 0 saturated carbocycles. The summed E-state index contributed by atoms with van der Waals surface area (Å²) in [5.74, 6) is 0. The molecular weight excluding hydrogens is 160 g/mol. The van der Waals surface area contributed by atoms with Gasteiger partial charge < -0.3 is 5.73 Å². The van der Waals surface area contributed by atoms with E-state index in [2.05, 4.69) is 11.1 Å². The molecule has 1 radical (unpaired) electrons. The molecule has 0 unspecified atom stereocenters. The van der Waals surface area contributed by atoms with E-state index in [1.807, 2.05) is 30.3 Å². The third-order valence-corrected chi connectivity index (χ3v) is 1.84. The molecule has 0 aliphatic heterocycles. The van der Waals surface area contributed by atoms with E-state index >= 15 is 0 Å². The summed E-state index contributed by atoms with van der Waals surface area (Å²) in [4.78, 5) is 4.20. The number of pyridine rings is 1. The molecular formula is C11H9N2. The predicted molar refractivity (Wildman–Crippen MR) is 52.9 cm³/mol. The van der Waals surface area contributed by atoms with Crippen LogP contribution in [0.3, 0.4) is 0 Å². The summed E-state index contributed by atoms with van der Waals surface area (Å²) in [6.45, 7) is 0. The second-order valence-corrected chi connectivity index (χ2v) is 2.73. The van der Waals surface area contributed by atoms with Crippen LogP contribution in [0.15, 0.2) is 42.6 Å². The minimum absolute atomic E-state index is 0.745. The molecule has 0 saturated heterocycles. The maximum Gasteiger partial charge on any atom is 0.0728 e. The molecule has 0 atom stereocenters. The van der Waals surface area contributed by atoms with Crippen molar-refractivity contribution >= 4 is 5.69 Å². The zero-order valence-electron chi connectivity index (χ0n) is 7.07. The van der Waals surface area contributed by atoms with Crippen molar-refractivity contribution in [2.45, 2.75) is 0 Å². The Kier molecular flexibility index (Phi) is 1.96. The molecule has 0 spiro atoms. The molecule has 1 aromatic heterocycles. The number of anilines is 1. The monoisotopic (exact) mass is 169 g/mol. The summed E-state index contributed by atoms with van der Waals surface area (Å²) in [5, 5.41) is 0. The molecule has 2 aromatic rings. The molecule has 0 amide bonds. The molecule has 2 nitrogen and oxygen atoms in total. The number of nitrogens with two attached hydrogens (primary N) is 1. The lowest BCUT2D eigenvalue weighted by atomic mass is 10.1. The molecule has 0 aliphatic rings. The van der Waals surface area contributed by atoms with E-state index in [1.165, 1.54) is 0 Å². The van der Waals surface area contributed by atoms with Gasteiger partial charge in [0.1, 0.15) is 0 Å². The normalized spacial score (nSPS) is 9.85. The van der Waals surface area contributed by atoms with Gasteiger partial charge in [0.25, 0.3) is 0 Å². The molecule has 0 fully saturated rings. The minimum atomic E-state index is 0.745. The van der Waals surface area contributed by atoms with Crippen molar-refractivity contribution in [1.82, 2.24) is 4.98 Å². The second kappa shape index (κ2) is 3.27. The third kappa shape index (κ3) is 1.51. The van der Waals surface area contributed by atoms with Crippen molar-refractivity contribution in [3.63, 3.8) is 0 Å². The van der Waals surface area contributed by atoms with E-state index in [1.54, 1.807) is 12.3 Å². The Morgan fingerprint density at radius 2 is 2.08 bits per heavy atom. The summed E-state index contributed by atoms with van der Waals surface area (Å²) < 4.78 is 0. The van der Waals surface area contributed by atoms with Gasteiger partial charge in [-0.15, -0.1) is 0 Å². The van der Waals surface area contributed by atoms with Crippen molar-refractivity contribution in [3.05, 3.63) is 48.7 Å². The summed E-state index contributed by atoms with van der Waals surface area (Å²) >= 11 is 0. The Labute approximate surface area is 77.0 Å². The number of nitrogens with zero attached hydrogens (tertiary/aromatic N) is 1. The molecule has 2 rings (SSSR count). The summed E-state index contributed by atoms with van der Waals surface area (Å²) in [6, 6.07) is 14.2. The summed E-state index contributed by atoms with van der Waals surface area (Å²) in [5.41, 5.74) is 8.36. The Hall–Kier alpha value is -1.83. The van der Waals surface area contributed by atoms with Crippen LogP contribution in [0.4, 0.5) is 5.69 Å². The number of benzene rings is 1. The molecule has 1 heterocycles. The van der Waals surface area contributed by atoms with E-state index in [4.69, 9.17) is 5.73 Å². The van der Waals surface area contributed by atoms with Gasteiger partial charge in [0.05, 0.1) is 5.69 Å². The molecule has 13 heavy (non-hydrogen) atoms. The molecule has 2 N–H and O–H groups in total. The summed E-state index contributed by atoms with van der Waals surface area (Å²) in [6.07, 6.45) is 1.71. The lowest BCUT2D eigenvalue weighted by molar-refractivity contribution is 1.32. The maximum atomic E-state index is 5.80. The second-order valence-electron chi connectivity index (χ2n) is 2.73. The van der Waals surface area contributed by atoms with E-state index in [-0.39, 0.29) is 0 Å². The van der Waals surface area contributed by atoms with E-state index in [9.17, 15) is 0 Å². The molecule has 1 aromatic carbocycles. The number of nitrogen functional groups attached to an aromatic ring is 1. The van der Waals surface area contributed by atoms with Crippen molar-refractivity contribution in [1.29, 1.82) is 0 Å². The predicted octanol–water partition coefficient (Wildman–Crippen LogP) is 2.13. The number of rotatable bonds is 1. The van der Waals surface area contributed by atoms with Crippen molar-refractivity contribution < 1.29 is 0 Å². The van der Waals surface area contributed by atoms with Crippen molar-refractivity contribution in [2.75, 3.05) is 5.73 Å². The van der Waals surface area contributed by atoms with Gasteiger partial charge >= 0.3 is 0 Å². The standard InChI is InChI=1S/C11H9N2/c12-10-6-2-1-5-9(10)11-7-3-4-8-13-11/h1-2,4-8H,12H2. The topological polar surface area (TPSA) is 38.9 Å². The van der Waals surface area contributed by atoms with Crippen LogP contribution in [0.25, 0.3) is 11.3 Å². The zero-order chi connectivity index (χ0) is 9.10. The largest absolute Gasteiger partial charge is 0.398 e. The first-order valence-corrected chi connectivity index (χ1v) is 4.05. The molecule has 0 aliphatic carbocycles. The SMILES string of the molecule is Nc1ccccc1-c1c[c]ccn1. The fourth-order valence-electron chi connectivity index (χ4n) is 1.20. The van der Waals surface area contributed by atoms with Crippen LogP contribution in [0, 0.1) is 6.07 Å². The Bertz CT molecular complexity index is 396. The van der Waals surface area contributed by atoms with Crippen LogP contribution >= 0.6 is 0 Å². The zero-order valence-corrected chi connectivity index (χ0v) is 7.07. The first-order valence-electron chi connectivity index (χ1n) is 4.05. The van der Waals surface area contributed by atoms with Crippen LogP contribution in [0.2, 0.25) is 0 Å². The molecule has 63 valence electrons. The number of hydrogen-bond donors (Lipinski definition) is 1.